The molecule has 1 aromatic carbocycles. The molecule has 3 nitrogen and oxygen atoms in total. The first-order valence-corrected chi connectivity index (χ1v) is 7.68. The summed E-state index contributed by atoms with van der Waals surface area (Å²) in [5.74, 6) is 0. The Hall–Kier alpha value is -0.970. The van der Waals surface area contributed by atoms with Gasteiger partial charge in [0, 0.05) is 10.6 Å². The van der Waals surface area contributed by atoms with Gasteiger partial charge in [-0.15, -0.1) is 10.2 Å². The minimum atomic E-state index is 0.288. The van der Waals surface area contributed by atoms with E-state index in [1.165, 1.54) is 5.56 Å². The molecule has 0 aliphatic rings. The number of halogens is 1. The van der Waals surface area contributed by atoms with Gasteiger partial charge in [-0.3, -0.25) is 0 Å². The van der Waals surface area contributed by atoms with Crippen LogP contribution in [0.25, 0.3) is 10.6 Å². The highest BCUT2D eigenvalue weighted by Crippen LogP contribution is 2.31. The van der Waals surface area contributed by atoms with Gasteiger partial charge in [-0.25, -0.2) is 0 Å². The standard InChI is InChI=1S/C14H18ClN3S/c1-4-12(16-5-2)14-18-17-13(19-14)11-8-10(15)7-6-9(11)3/h6-8,12,16H,4-5H2,1-3H3. The number of benzene rings is 1. The molecule has 5 heteroatoms. The summed E-state index contributed by atoms with van der Waals surface area (Å²) in [4.78, 5) is 0. The lowest BCUT2D eigenvalue weighted by Crippen LogP contribution is -2.19. The summed E-state index contributed by atoms with van der Waals surface area (Å²) in [6.07, 6.45) is 1.01. The van der Waals surface area contributed by atoms with Crippen molar-refractivity contribution in [3.05, 3.63) is 33.8 Å². The Balaban J connectivity index is 2.32. The van der Waals surface area contributed by atoms with E-state index in [0.29, 0.717) is 0 Å². The molecule has 0 saturated heterocycles. The van der Waals surface area contributed by atoms with Crippen LogP contribution in [-0.4, -0.2) is 16.7 Å². The number of hydrogen-bond acceptors (Lipinski definition) is 4. The number of nitrogens with zero attached hydrogens (tertiary/aromatic N) is 2. The van der Waals surface area contributed by atoms with Crippen LogP contribution in [0, 0.1) is 6.92 Å². The Morgan fingerprint density at radius 2 is 2.11 bits per heavy atom. The minimum Gasteiger partial charge on any atom is -0.308 e. The molecular formula is C14H18ClN3S. The summed E-state index contributed by atoms with van der Waals surface area (Å²) in [5, 5.41) is 14.8. The highest BCUT2D eigenvalue weighted by molar-refractivity contribution is 7.14. The van der Waals surface area contributed by atoms with Gasteiger partial charge in [0.2, 0.25) is 0 Å². The SMILES string of the molecule is CCNC(CC)c1nnc(-c2cc(Cl)ccc2C)s1. The summed E-state index contributed by atoms with van der Waals surface area (Å²) in [6, 6.07) is 6.15. The molecule has 19 heavy (non-hydrogen) atoms. The lowest BCUT2D eigenvalue weighted by molar-refractivity contribution is 0.531. The topological polar surface area (TPSA) is 37.8 Å². The Morgan fingerprint density at radius 3 is 2.79 bits per heavy atom. The van der Waals surface area contributed by atoms with Crippen LogP contribution in [0.2, 0.25) is 5.02 Å². The van der Waals surface area contributed by atoms with E-state index in [2.05, 4.69) is 36.3 Å². The second-order valence-corrected chi connectivity index (χ2v) is 5.87. The van der Waals surface area contributed by atoms with Crippen molar-refractivity contribution in [2.24, 2.45) is 0 Å². The zero-order chi connectivity index (χ0) is 13.8. The van der Waals surface area contributed by atoms with Crippen LogP contribution in [0.15, 0.2) is 18.2 Å². The summed E-state index contributed by atoms with van der Waals surface area (Å²) < 4.78 is 0. The molecule has 1 aromatic heterocycles. The van der Waals surface area contributed by atoms with Crippen molar-refractivity contribution in [1.82, 2.24) is 15.5 Å². The number of rotatable bonds is 5. The first kappa shape index (κ1) is 14.4. The number of nitrogens with one attached hydrogen (secondary N) is 1. The zero-order valence-corrected chi connectivity index (χ0v) is 13.0. The molecule has 1 unspecified atom stereocenters. The normalized spacial score (nSPS) is 12.6. The van der Waals surface area contributed by atoms with Gasteiger partial charge in [-0.05, 0) is 37.6 Å². The van der Waals surface area contributed by atoms with Crippen molar-refractivity contribution in [2.75, 3.05) is 6.54 Å². The smallest absolute Gasteiger partial charge is 0.148 e. The van der Waals surface area contributed by atoms with E-state index in [-0.39, 0.29) is 6.04 Å². The van der Waals surface area contributed by atoms with Crippen LogP contribution in [0.5, 0.6) is 0 Å². The van der Waals surface area contributed by atoms with Crippen LogP contribution in [0.3, 0.4) is 0 Å². The van der Waals surface area contributed by atoms with Crippen molar-refractivity contribution < 1.29 is 0 Å². The van der Waals surface area contributed by atoms with Crippen molar-refractivity contribution in [1.29, 1.82) is 0 Å². The van der Waals surface area contributed by atoms with Gasteiger partial charge in [0.25, 0.3) is 0 Å². The summed E-state index contributed by atoms with van der Waals surface area (Å²) in [6.45, 7) is 7.25. The van der Waals surface area contributed by atoms with Crippen molar-refractivity contribution in [3.8, 4) is 10.6 Å². The van der Waals surface area contributed by atoms with E-state index < -0.39 is 0 Å². The summed E-state index contributed by atoms with van der Waals surface area (Å²) in [5.41, 5.74) is 2.24. The van der Waals surface area contributed by atoms with E-state index >= 15 is 0 Å². The van der Waals surface area contributed by atoms with Crippen molar-refractivity contribution in [2.45, 2.75) is 33.2 Å². The highest BCUT2D eigenvalue weighted by atomic mass is 35.5. The quantitative estimate of drug-likeness (QED) is 0.897. The van der Waals surface area contributed by atoms with Crippen molar-refractivity contribution >= 4 is 22.9 Å². The maximum atomic E-state index is 6.06. The van der Waals surface area contributed by atoms with Gasteiger partial charge in [0.15, 0.2) is 0 Å². The number of hydrogen-bond donors (Lipinski definition) is 1. The average Bonchev–Trinajstić information content (AvgIpc) is 2.88. The third kappa shape index (κ3) is 3.32. The monoisotopic (exact) mass is 295 g/mol. The van der Waals surface area contributed by atoms with E-state index in [1.54, 1.807) is 11.3 Å². The van der Waals surface area contributed by atoms with Gasteiger partial charge in [0.1, 0.15) is 10.0 Å². The highest BCUT2D eigenvalue weighted by Gasteiger charge is 2.15. The van der Waals surface area contributed by atoms with Crippen LogP contribution >= 0.6 is 22.9 Å². The molecule has 1 heterocycles. The lowest BCUT2D eigenvalue weighted by Gasteiger charge is -2.11. The molecule has 0 radical (unpaired) electrons. The van der Waals surface area contributed by atoms with Gasteiger partial charge in [-0.2, -0.15) is 0 Å². The van der Waals surface area contributed by atoms with Crippen LogP contribution in [0.1, 0.15) is 36.9 Å². The Bertz CT molecular complexity index is 553. The fourth-order valence-electron chi connectivity index (χ4n) is 1.96. The summed E-state index contributed by atoms with van der Waals surface area (Å²) in [7, 11) is 0. The molecule has 1 atom stereocenters. The van der Waals surface area contributed by atoms with Gasteiger partial charge >= 0.3 is 0 Å². The molecule has 0 aliphatic heterocycles. The van der Waals surface area contributed by atoms with E-state index in [0.717, 1.165) is 33.6 Å². The van der Waals surface area contributed by atoms with Crippen LogP contribution in [-0.2, 0) is 0 Å². The second kappa shape index (κ2) is 6.46. The minimum absolute atomic E-state index is 0.288. The maximum absolute atomic E-state index is 6.06. The predicted molar refractivity (Wildman–Crippen MR) is 81.8 cm³/mol. The van der Waals surface area contributed by atoms with Gasteiger partial charge in [0.05, 0.1) is 6.04 Å². The molecule has 0 fully saturated rings. The van der Waals surface area contributed by atoms with E-state index in [1.807, 2.05) is 18.2 Å². The molecule has 0 amide bonds. The number of aromatic nitrogens is 2. The van der Waals surface area contributed by atoms with Crippen molar-refractivity contribution in [3.63, 3.8) is 0 Å². The lowest BCUT2D eigenvalue weighted by atomic mass is 10.1. The molecule has 1 N–H and O–H groups in total. The van der Waals surface area contributed by atoms with Crippen LogP contribution < -0.4 is 5.32 Å². The molecule has 2 aromatic rings. The molecule has 102 valence electrons. The average molecular weight is 296 g/mol. The molecular weight excluding hydrogens is 278 g/mol. The molecule has 0 aliphatic carbocycles. The van der Waals surface area contributed by atoms with Gasteiger partial charge < -0.3 is 5.32 Å². The Labute approximate surface area is 123 Å². The fraction of sp³-hybridized carbons (Fsp3) is 0.429. The Kier molecular flexibility index (Phi) is 4.91. The molecule has 2 rings (SSSR count). The van der Waals surface area contributed by atoms with E-state index in [9.17, 15) is 0 Å². The number of aryl methyl sites for hydroxylation is 1. The molecule has 0 spiro atoms. The fourth-order valence-corrected chi connectivity index (χ4v) is 3.22. The second-order valence-electron chi connectivity index (χ2n) is 4.42. The maximum Gasteiger partial charge on any atom is 0.148 e. The third-order valence-electron chi connectivity index (χ3n) is 3.03. The summed E-state index contributed by atoms with van der Waals surface area (Å²) >= 11 is 7.70. The van der Waals surface area contributed by atoms with E-state index in [4.69, 9.17) is 11.6 Å². The molecule has 0 saturated carbocycles. The van der Waals surface area contributed by atoms with Gasteiger partial charge in [-0.1, -0.05) is 42.9 Å². The first-order valence-electron chi connectivity index (χ1n) is 6.49. The Morgan fingerprint density at radius 1 is 1.32 bits per heavy atom. The first-order chi connectivity index (χ1) is 9.15. The predicted octanol–water partition coefficient (Wildman–Crippen LogP) is 4.23. The molecule has 0 bridgehead atoms. The third-order valence-corrected chi connectivity index (χ3v) is 4.33. The van der Waals surface area contributed by atoms with Crippen LogP contribution in [0.4, 0.5) is 0 Å². The zero-order valence-electron chi connectivity index (χ0n) is 11.4. The largest absolute Gasteiger partial charge is 0.308 e.